The van der Waals surface area contributed by atoms with Gasteiger partial charge in [0, 0.05) is 30.6 Å². The Morgan fingerprint density at radius 1 is 1.21 bits per heavy atom. The summed E-state index contributed by atoms with van der Waals surface area (Å²) in [5.41, 5.74) is 2.16. The van der Waals surface area contributed by atoms with Gasteiger partial charge in [-0.3, -0.25) is 14.6 Å². The van der Waals surface area contributed by atoms with Crippen molar-refractivity contribution in [2.75, 3.05) is 0 Å². The van der Waals surface area contributed by atoms with E-state index in [1.165, 1.54) is 24.4 Å². The number of pyridine rings is 1. The van der Waals surface area contributed by atoms with Crippen molar-refractivity contribution in [3.8, 4) is 0 Å². The first-order valence-electron chi connectivity index (χ1n) is 7.46. The number of aromatic nitrogens is 2. The quantitative estimate of drug-likeness (QED) is 0.731. The Kier molecular flexibility index (Phi) is 4.33. The van der Waals surface area contributed by atoms with Crippen LogP contribution in [0.4, 0.5) is 4.39 Å². The molecule has 3 aromatic rings. The van der Waals surface area contributed by atoms with Crippen LogP contribution in [0.25, 0.3) is 0 Å². The number of aryl methyl sites for hydroxylation is 1. The monoisotopic (exact) mass is 322 g/mol. The van der Waals surface area contributed by atoms with Gasteiger partial charge in [-0.1, -0.05) is 17.7 Å². The Bertz CT molecular complexity index is 901. The third-order valence-electron chi connectivity index (χ3n) is 3.70. The lowest BCUT2D eigenvalue weighted by Crippen LogP contribution is -2.05. The van der Waals surface area contributed by atoms with Crippen molar-refractivity contribution in [2.45, 2.75) is 13.3 Å². The molecule has 1 N–H and O–H groups in total. The molecule has 2 heterocycles. The summed E-state index contributed by atoms with van der Waals surface area (Å²) in [6.07, 6.45) is 4.87. The molecule has 0 saturated heterocycles. The van der Waals surface area contributed by atoms with E-state index in [2.05, 4.69) is 9.97 Å². The smallest absolute Gasteiger partial charge is 0.197 e. The molecule has 0 unspecified atom stereocenters. The number of Topliss-reactive ketones (excluding diaryl/α,β-unsaturated/α-hetero) is 1. The van der Waals surface area contributed by atoms with Gasteiger partial charge in [-0.05, 0) is 36.8 Å². The van der Waals surface area contributed by atoms with Crippen LogP contribution in [-0.2, 0) is 6.42 Å². The molecule has 0 fully saturated rings. The van der Waals surface area contributed by atoms with Crippen LogP contribution in [0.3, 0.4) is 0 Å². The first kappa shape index (κ1) is 15.8. The first-order chi connectivity index (χ1) is 11.5. The van der Waals surface area contributed by atoms with Crippen molar-refractivity contribution in [1.82, 2.24) is 9.97 Å². The Balaban J connectivity index is 1.81. The van der Waals surface area contributed by atoms with Crippen LogP contribution in [-0.4, -0.2) is 21.5 Å². The highest BCUT2D eigenvalue weighted by molar-refractivity contribution is 6.10. The summed E-state index contributed by atoms with van der Waals surface area (Å²) >= 11 is 0. The number of carbonyl (C=O) groups excluding carboxylic acids is 2. The van der Waals surface area contributed by atoms with Gasteiger partial charge < -0.3 is 4.98 Å². The number of H-pyrrole nitrogens is 1. The fourth-order valence-electron chi connectivity index (χ4n) is 2.44. The van der Waals surface area contributed by atoms with E-state index in [0.717, 1.165) is 11.1 Å². The second kappa shape index (κ2) is 6.58. The van der Waals surface area contributed by atoms with Gasteiger partial charge in [-0.2, -0.15) is 0 Å². The average Bonchev–Trinajstić information content (AvgIpc) is 3.07. The van der Waals surface area contributed by atoms with E-state index in [9.17, 15) is 14.0 Å². The lowest BCUT2D eigenvalue weighted by Gasteiger charge is -2.02. The summed E-state index contributed by atoms with van der Waals surface area (Å²) < 4.78 is 13.9. The minimum atomic E-state index is -0.574. The maximum absolute atomic E-state index is 13.9. The molecule has 0 aliphatic carbocycles. The van der Waals surface area contributed by atoms with E-state index in [1.54, 1.807) is 31.5 Å². The van der Waals surface area contributed by atoms with Gasteiger partial charge in [-0.15, -0.1) is 0 Å². The summed E-state index contributed by atoms with van der Waals surface area (Å²) in [6, 6.07) is 9.40. The molecule has 0 bridgehead atoms. The van der Waals surface area contributed by atoms with Gasteiger partial charge in [0.2, 0.25) is 0 Å². The Labute approximate surface area is 138 Å². The fourth-order valence-corrected chi connectivity index (χ4v) is 2.44. The van der Waals surface area contributed by atoms with Gasteiger partial charge in [0.05, 0.1) is 11.3 Å². The highest BCUT2D eigenvalue weighted by atomic mass is 19.1. The van der Waals surface area contributed by atoms with Crippen molar-refractivity contribution in [2.24, 2.45) is 0 Å². The van der Waals surface area contributed by atoms with E-state index >= 15 is 0 Å². The zero-order valence-electron chi connectivity index (χ0n) is 13.0. The van der Waals surface area contributed by atoms with Gasteiger partial charge in [0.15, 0.2) is 11.6 Å². The van der Waals surface area contributed by atoms with Gasteiger partial charge in [0.25, 0.3) is 0 Å². The average molecular weight is 322 g/mol. The molecule has 2 aromatic heterocycles. The number of carbonyl (C=O) groups is 2. The van der Waals surface area contributed by atoms with Gasteiger partial charge in [-0.25, -0.2) is 4.39 Å². The molecule has 0 aliphatic rings. The van der Waals surface area contributed by atoms with Crippen LogP contribution in [0, 0.1) is 12.7 Å². The number of nitrogens with one attached hydrogen (secondary N) is 1. The molecular formula is C19H15FN2O2. The number of aromatic amines is 1. The molecule has 120 valence electrons. The van der Waals surface area contributed by atoms with Crippen LogP contribution in [0.15, 0.2) is 55.0 Å². The molecule has 5 heteroatoms. The molecule has 0 saturated carbocycles. The van der Waals surface area contributed by atoms with Crippen molar-refractivity contribution in [1.29, 1.82) is 0 Å². The Morgan fingerprint density at radius 3 is 2.79 bits per heavy atom. The molecule has 4 nitrogen and oxygen atoms in total. The number of nitrogens with zero attached hydrogens (tertiary/aromatic N) is 1. The van der Waals surface area contributed by atoms with Crippen LogP contribution in [0.1, 0.15) is 37.5 Å². The van der Waals surface area contributed by atoms with E-state index in [4.69, 9.17) is 0 Å². The second-order valence-electron chi connectivity index (χ2n) is 5.58. The summed E-state index contributed by atoms with van der Waals surface area (Å²) in [5.74, 6) is -1.19. The SMILES string of the molecule is Cc1ccc(F)c(C(=O)c2c[nH]c(C(=O)Cc3cccnc3)c2)c1. The highest BCUT2D eigenvalue weighted by Crippen LogP contribution is 2.17. The fraction of sp³-hybridized carbons (Fsp3) is 0.105. The highest BCUT2D eigenvalue weighted by Gasteiger charge is 2.18. The van der Waals surface area contributed by atoms with E-state index in [1.807, 2.05) is 6.07 Å². The third kappa shape index (κ3) is 3.30. The number of hydrogen-bond donors (Lipinski definition) is 1. The maximum atomic E-state index is 13.9. The van der Waals surface area contributed by atoms with Crippen molar-refractivity contribution < 1.29 is 14.0 Å². The van der Waals surface area contributed by atoms with Gasteiger partial charge >= 0.3 is 0 Å². The lowest BCUT2D eigenvalue weighted by molar-refractivity contribution is 0.0988. The maximum Gasteiger partial charge on any atom is 0.197 e. The van der Waals surface area contributed by atoms with Crippen molar-refractivity contribution in [3.63, 3.8) is 0 Å². The molecule has 0 spiro atoms. The third-order valence-corrected chi connectivity index (χ3v) is 3.70. The predicted molar refractivity (Wildman–Crippen MR) is 87.6 cm³/mol. The topological polar surface area (TPSA) is 62.8 Å². The lowest BCUT2D eigenvalue weighted by atomic mass is 10.0. The molecule has 0 amide bonds. The number of benzene rings is 1. The van der Waals surface area contributed by atoms with Crippen molar-refractivity contribution in [3.05, 3.63) is 88.8 Å². The van der Waals surface area contributed by atoms with Crippen molar-refractivity contribution >= 4 is 11.6 Å². The van der Waals surface area contributed by atoms with Crippen LogP contribution in [0.2, 0.25) is 0 Å². The van der Waals surface area contributed by atoms with E-state index in [0.29, 0.717) is 5.69 Å². The minimum Gasteiger partial charge on any atom is -0.358 e. The molecule has 3 rings (SSSR count). The van der Waals surface area contributed by atoms with Crippen LogP contribution in [0.5, 0.6) is 0 Å². The standard InChI is InChI=1S/C19H15FN2O2/c1-12-4-5-16(20)15(7-12)19(24)14-9-17(22-11-14)18(23)8-13-3-2-6-21-10-13/h2-7,9-11,22H,8H2,1H3. The van der Waals surface area contributed by atoms with E-state index < -0.39 is 11.6 Å². The Morgan fingerprint density at radius 2 is 2.04 bits per heavy atom. The number of hydrogen-bond acceptors (Lipinski definition) is 3. The summed E-state index contributed by atoms with van der Waals surface area (Å²) in [5, 5.41) is 0. The summed E-state index contributed by atoms with van der Waals surface area (Å²) in [6.45, 7) is 1.79. The molecule has 0 atom stereocenters. The van der Waals surface area contributed by atoms with Gasteiger partial charge in [0.1, 0.15) is 5.82 Å². The number of ketones is 2. The van der Waals surface area contributed by atoms with Crippen LogP contribution < -0.4 is 0 Å². The second-order valence-corrected chi connectivity index (χ2v) is 5.58. The minimum absolute atomic E-state index is 0.000239. The normalized spacial score (nSPS) is 10.6. The Hall–Kier alpha value is -3.08. The van der Waals surface area contributed by atoms with Crippen LogP contribution >= 0.6 is 0 Å². The first-order valence-corrected chi connectivity index (χ1v) is 7.46. The molecule has 1 aromatic carbocycles. The summed E-state index contributed by atoms with van der Waals surface area (Å²) in [7, 11) is 0. The largest absolute Gasteiger partial charge is 0.358 e. The molecule has 24 heavy (non-hydrogen) atoms. The molecule has 0 radical (unpaired) electrons. The molecule has 0 aliphatic heterocycles. The predicted octanol–water partition coefficient (Wildman–Crippen LogP) is 3.51. The molecular weight excluding hydrogens is 307 g/mol. The number of rotatable bonds is 5. The number of halogens is 1. The van der Waals surface area contributed by atoms with E-state index in [-0.39, 0.29) is 23.3 Å². The summed E-state index contributed by atoms with van der Waals surface area (Å²) in [4.78, 5) is 31.5. The zero-order chi connectivity index (χ0) is 17.1. The zero-order valence-corrected chi connectivity index (χ0v) is 13.0.